The fraction of sp³-hybridized carbons (Fsp3) is 0.188. The zero-order chi connectivity index (χ0) is 16.2. The largest absolute Gasteiger partial charge is 0.433 e. The van der Waals surface area contributed by atoms with E-state index in [1.54, 1.807) is 6.42 Å². The minimum atomic E-state index is -4.53. The zero-order valence-electron chi connectivity index (χ0n) is 11.8. The highest BCUT2D eigenvalue weighted by molar-refractivity contribution is 6.01. The molecule has 115 valence electrons. The molecule has 1 aromatic carbocycles. The first-order valence-electron chi connectivity index (χ1n) is 6.55. The van der Waals surface area contributed by atoms with Crippen molar-refractivity contribution in [1.82, 2.24) is 4.98 Å². The smallest absolute Gasteiger partial charge is 0.411 e. The van der Waals surface area contributed by atoms with Gasteiger partial charge in [0.1, 0.15) is 5.69 Å². The lowest BCUT2D eigenvalue weighted by molar-refractivity contribution is -0.141. The minimum absolute atomic E-state index is 0.149. The maximum absolute atomic E-state index is 12.7. The summed E-state index contributed by atoms with van der Waals surface area (Å²) in [7, 11) is 0. The summed E-state index contributed by atoms with van der Waals surface area (Å²) in [5.74, 6) is 0. The van der Waals surface area contributed by atoms with Gasteiger partial charge in [0.05, 0.1) is 5.71 Å². The van der Waals surface area contributed by atoms with Crippen LogP contribution >= 0.6 is 0 Å². The fourth-order valence-corrected chi connectivity index (χ4v) is 2.00. The van der Waals surface area contributed by atoms with Gasteiger partial charge in [0.15, 0.2) is 0 Å². The minimum Gasteiger partial charge on any atom is -0.411 e. The van der Waals surface area contributed by atoms with Crippen LogP contribution in [0.3, 0.4) is 0 Å². The van der Waals surface area contributed by atoms with Gasteiger partial charge in [-0.05, 0) is 36.6 Å². The van der Waals surface area contributed by atoms with Crippen LogP contribution in [0.25, 0.3) is 0 Å². The number of hydrogen-bond acceptors (Lipinski definition) is 3. The molecule has 1 aromatic heterocycles. The molecule has 0 bridgehead atoms. The lowest BCUT2D eigenvalue weighted by Crippen LogP contribution is -2.10. The topological polar surface area (TPSA) is 45.5 Å². The summed E-state index contributed by atoms with van der Waals surface area (Å²) in [4.78, 5) is 3.29. The Kier molecular flexibility index (Phi) is 4.80. The summed E-state index contributed by atoms with van der Waals surface area (Å²) in [5, 5.41) is 12.2. The Bertz CT molecular complexity index is 681. The van der Waals surface area contributed by atoms with E-state index in [1.807, 2.05) is 31.2 Å². The van der Waals surface area contributed by atoms with Crippen molar-refractivity contribution in [1.29, 1.82) is 0 Å². The average Bonchev–Trinajstić information content (AvgIpc) is 2.49. The molecule has 0 fully saturated rings. The van der Waals surface area contributed by atoms with E-state index in [2.05, 4.69) is 10.1 Å². The van der Waals surface area contributed by atoms with Crippen LogP contribution in [0.15, 0.2) is 47.8 Å². The molecule has 1 N–H and O–H groups in total. The molecule has 6 heteroatoms. The second-order valence-electron chi connectivity index (χ2n) is 4.74. The summed E-state index contributed by atoms with van der Waals surface area (Å²) in [6, 6.07) is 9.83. The van der Waals surface area contributed by atoms with E-state index in [0.717, 1.165) is 23.4 Å². The molecule has 0 amide bonds. The Morgan fingerprint density at radius 2 is 2.00 bits per heavy atom. The number of aryl methyl sites for hydroxylation is 1. The van der Waals surface area contributed by atoms with E-state index in [-0.39, 0.29) is 17.7 Å². The van der Waals surface area contributed by atoms with Crippen molar-refractivity contribution < 1.29 is 18.4 Å². The van der Waals surface area contributed by atoms with Crippen LogP contribution in [-0.4, -0.2) is 15.9 Å². The van der Waals surface area contributed by atoms with Crippen LogP contribution in [0.1, 0.15) is 28.8 Å². The Hall–Kier alpha value is -2.37. The van der Waals surface area contributed by atoms with E-state index < -0.39 is 11.9 Å². The zero-order valence-corrected chi connectivity index (χ0v) is 11.8. The van der Waals surface area contributed by atoms with Crippen LogP contribution < -0.4 is 0 Å². The van der Waals surface area contributed by atoms with Crippen molar-refractivity contribution in [2.45, 2.75) is 19.5 Å². The monoisotopic (exact) mass is 307 g/mol. The molecular formula is C16H14F3N2O. The van der Waals surface area contributed by atoms with Crippen LogP contribution in [0.2, 0.25) is 0 Å². The van der Waals surface area contributed by atoms with Gasteiger partial charge in [0.2, 0.25) is 0 Å². The van der Waals surface area contributed by atoms with Crippen molar-refractivity contribution in [2.75, 3.05) is 0 Å². The number of aromatic nitrogens is 1. The second-order valence-corrected chi connectivity index (χ2v) is 4.74. The molecule has 0 atom stereocenters. The van der Waals surface area contributed by atoms with Gasteiger partial charge in [-0.3, -0.25) is 4.98 Å². The predicted octanol–water partition coefficient (Wildman–Crippen LogP) is 4.23. The molecule has 3 nitrogen and oxygen atoms in total. The molecule has 0 saturated heterocycles. The van der Waals surface area contributed by atoms with Gasteiger partial charge in [-0.15, -0.1) is 0 Å². The predicted molar refractivity (Wildman–Crippen MR) is 76.8 cm³/mol. The van der Waals surface area contributed by atoms with Crippen molar-refractivity contribution in [3.63, 3.8) is 0 Å². The van der Waals surface area contributed by atoms with Gasteiger partial charge in [0, 0.05) is 18.2 Å². The van der Waals surface area contributed by atoms with E-state index in [1.165, 1.54) is 6.07 Å². The SMILES string of the molecule is Cc1ccccc1[CH]C/C(=N\O)c1ccnc(C(F)(F)F)c1. The Morgan fingerprint density at radius 3 is 2.64 bits per heavy atom. The van der Waals surface area contributed by atoms with E-state index in [4.69, 9.17) is 5.21 Å². The van der Waals surface area contributed by atoms with Crippen LogP contribution in [0, 0.1) is 13.3 Å². The van der Waals surface area contributed by atoms with Gasteiger partial charge in [-0.25, -0.2) is 0 Å². The molecule has 1 radical (unpaired) electrons. The molecule has 22 heavy (non-hydrogen) atoms. The highest BCUT2D eigenvalue weighted by Gasteiger charge is 2.32. The maximum Gasteiger partial charge on any atom is 0.433 e. The molecule has 0 spiro atoms. The summed E-state index contributed by atoms with van der Waals surface area (Å²) < 4.78 is 38.0. The Balaban J connectivity index is 2.18. The van der Waals surface area contributed by atoms with E-state index in [9.17, 15) is 13.2 Å². The first-order chi connectivity index (χ1) is 10.4. The van der Waals surface area contributed by atoms with Crippen molar-refractivity contribution in [2.24, 2.45) is 5.16 Å². The van der Waals surface area contributed by atoms with Gasteiger partial charge in [-0.2, -0.15) is 13.2 Å². The average molecular weight is 307 g/mol. The Morgan fingerprint density at radius 1 is 1.27 bits per heavy atom. The number of halogens is 3. The lowest BCUT2D eigenvalue weighted by Gasteiger charge is -2.09. The number of hydrogen-bond donors (Lipinski definition) is 1. The summed E-state index contributed by atoms with van der Waals surface area (Å²) in [6.45, 7) is 1.93. The van der Waals surface area contributed by atoms with Gasteiger partial charge in [-0.1, -0.05) is 29.4 Å². The number of benzene rings is 1. The van der Waals surface area contributed by atoms with Crippen LogP contribution in [0.5, 0.6) is 0 Å². The second kappa shape index (κ2) is 6.60. The molecule has 0 aliphatic carbocycles. The van der Waals surface area contributed by atoms with E-state index >= 15 is 0 Å². The molecule has 2 rings (SSSR count). The number of rotatable bonds is 4. The standard InChI is InChI=1S/C16H14F3N2O/c1-11-4-2-3-5-12(11)6-7-14(21-22)13-8-9-20-15(10-13)16(17,18)19/h2-6,8-10,22H,7H2,1H3/b21-14+. The maximum atomic E-state index is 12.7. The van der Waals surface area contributed by atoms with Crippen molar-refractivity contribution in [3.05, 3.63) is 71.4 Å². The number of oxime groups is 1. The molecule has 0 saturated carbocycles. The molecule has 0 aliphatic rings. The quantitative estimate of drug-likeness (QED) is 0.522. The molecule has 1 heterocycles. The summed E-state index contributed by atoms with van der Waals surface area (Å²) >= 11 is 0. The normalized spacial score (nSPS) is 12.5. The number of pyridine rings is 1. The van der Waals surface area contributed by atoms with E-state index in [0.29, 0.717) is 0 Å². The molecule has 2 aromatic rings. The third-order valence-electron chi connectivity index (χ3n) is 3.21. The highest BCUT2D eigenvalue weighted by atomic mass is 19.4. The van der Waals surface area contributed by atoms with Gasteiger partial charge < -0.3 is 5.21 Å². The summed E-state index contributed by atoms with van der Waals surface area (Å²) in [5.41, 5.74) is 1.30. The lowest BCUT2D eigenvalue weighted by atomic mass is 9.99. The highest BCUT2D eigenvalue weighted by Crippen LogP contribution is 2.28. The van der Waals surface area contributed by atoms with Crippen LogP contribution in [0.4, 0.5) is 13.2 Å². The number of alkyl halides is 3. The summed E-state index contributed by atoms with van der Waals surface area (Å²) in [6.07, 6.45) is -1.46. The van der Waals surface area contributed by atoms with Gasteiger partial charge in [0.25, 0.3) is 0 Å². The number of nitrogens with zero attached hydrogens (tertiary/aromatic N) is 2. The van der Waals surface area contributed by atoms with Crippen molar-refractivity contribution in [3.8, 4) is 0 Å². The first-order valence-corrected chi connectivity index (χ1v) is 6.55. The van der Waals surface area contributed by atoms with Crippen molar-refractivity contribution >= 4 is 5.71 Å². The Labute approximate surface area is 126 Å². The third kappa shape index (κ3) is 3.84. The molecular weight excluding hydrogens is 293 g/mol. The first kappa shape index (κ1) is 16.0. The van der Waals surface area contributed by atoms with Gasteiger partial charge >= 0.3 is 6.18 Å². The molecule has 0 unspecified atom stereocenters. The third-order valence-corrected chi connectivity index (χ3v) is 3.21. The van der Waals surface area contributed by atoms with Crippen LogP contribution in [-0.2, 0) is 6.18 Å². The molecule has 0 aliphatic heterocycles. The fourth-order valence-electron chi connectivity index (χ4n) is 2.00.